The van der Waals surface area contributed by atoms with E-state index in [0.29, 0.717) is 5.89 Å². The molecule has 0 unspecified atom stereocenters. The predicted octanol–water partition coefficient (Wildman–Crippen LogP) is 5.09. The largest absolute Gasteiger partial charge is 0.497 e. The number of benzene rings is 3. The van der Waals surface area contributed by atoms with Crippen LogP contribution in [0.3, 0.4) is 0 Å². The van der Waals surface area contributed by atoms with Crippen LogP contribution in [0.15, 0.2) is 77.2 Å². The van der Waals surface area contributed by atoms with E-state index in [1.165, 1.54) is 5.56 Å². The van der Waals surface area contributed by atoms with E-state index in [4.69, 9.17) is 9.15 Å². The Morgan fingerprint density at radius 1 is 0.875 bits per heavy atom. The lowest BCUT2D eigenvalue weighted by Crippen LogP contribution is -1.87. The Bertz CT molecular complexity index is 956. The van der Waals surface area contributed by atoms with E-state index in [1.807, 2.05) is 42.5 Å². The molecule has 3 nitrogen and oxygen atoms in total. The highest BCUT2D eigenvalue weighted by Crippen LogP contribution is 2.28. The van der Waals surface area contributed by atoms with Crippen LogP contribution in [-0.4, -0.2) is 12.1 Å². The van der Waals surface area contributed by atoms with Crippen LogP contribution in [0.5, 0.6) is 5.75 Å². The fourth-order valence-electron chi connectivity index (χ4n) is 2.82. The SMILES string of the molecule is COc1ccc(-c2nc3cccc(Cc4ccccc4)c3o2)cc1. The van der Waals surface area contributed by atoms with Crippen molar-refractivity contribution in [3.63, 3.8) is 0 Å². The van der Waals surface area contributed by atoms with E-state index in [-0.39, 0.29) is 0 Å². The molecule has 118 valence electrons. The summed E-state index contributed by atoms with van der Waals surface area (Å²) in [7, 11) is 1.66. The summed E-state index contributed by atoms with van der Waals surface area (Å²) >= 11 is 0. The number of nitrogens with zero attached hydrogens (tertiary/aromatic N) is 1. The smallest absolute Gasteiger partial charge is 0.227 e. The standard InChI is InChI=1S/C21H17NO2/c1-23-18-12-10-16(11-13-18)21-22-19-9-5-8-17(20(19)24-21)14-15-6-3-2-4-7-15/h2-13H,14H2,1H3. The van der Waals surface area contributed by atoms with Crippen molar-refractivity contribution in [1.29, 1.82) is 0 Å². The fourth-order valence-corrected chi connectivity index (χ4v) is 2.82. The van der Waals surface area contributed by atoms with Crippen LogP contribution >= 0.6 is 0 Å². The maximum Gasteiger partial charge on any atom is 0.227 e. The molecule has 0 spiro atoms. The highest BCUT2D eigenvalue weighted by atomic mass is 16.5. The zero-order valence-corrected chi connectivity index (χ0v) is 13.4. The van der Waals surface area contributed by atoms with Gasteiger partial charge in [-0.05, 0) is 35.9 Å². The first-order valence-electron chi connectivity index (χ1n) is 7.90. The Morgan fingerprint density at radius 2 is 1.67 bits per heavy atom. The molecule has 0 amide bonds. The molecule has 0 atom stereocenters. The molecule has 0 aliphatic heterocycles. The van der Waals surface area contributed by atoms with Gasteiger partial charge in [0.1, 0.15) is 11.3 Å². The van der Waals surface area contributed by atoms with E-state index in [0.717, 1.165) is 34.4 Å². The number of rotatable bonds is 4. The van der Waals surface area contributed by atoms with Gasteiger partial charge in [0.25, 0.3) is 0 Å². The third-order valence-corrected chi connectivity index (χ3v) is 4.07. The van der Waals surface area contributed by atoms with Crippen LogP contribution in [0.4, 0.5) is 0 Å². The van der Waals surface area contributed by atoms with Gasteiger partial charge in [0.2, 0.25) is 5.89 Å². The van der Waals surface area contributed by atoms with Gasteiger partial charge < -0.3 is 9.15 Å². The molecule has 4 aromatic rings. The molecule has 0 aliphatic carbocycles. The summed E-state index contributed by atoms with van der Waals surface area (Å²) < 4.78 is 11.3. The molecule has 0 saturated carbocycles. The summed E-state index contributed by atoms with van der Waals surface area (Å²) in [5, 5.41) is 0. The average molecular weight is 315 g/mol. The number of ether oxygens (including phenoxy) is 1. The Hall–Kier alpha value is -3.07. The second kappa shape index (κ2) is 6.20. The van der Waals surface area contributed by atoms with Crippen molar-refractivity contribution in [3.8, 4) is 17.2 Å². The topological polar surface area (TPSA) is 35.3 Å². The third-order valence-electron chi connectivity index (χ3n) is 4.07. The molecule has 0 bridgehead atoms. The van der Waals surface area contributed by atoms with Crippen molar-refractivity contribution in [2.45, 2.75) is 6.42 Å². The Morgan fingerprint density at radius 3 is 2.42 bits per heavy atom. The van der Waals surface area contributed by atoms with Crippen LogP contribution < -0.4 is 4.74 Å². The lowest BCUT2D eigenvalue weighted by atomic mass is 10.0. The highest BCUT2D eigenvalue weighted by Gasteiger charge is 2.12. The average Bonchev–Trinajstić information content (AvgIpc) is 3.08. The van der Waals surface area contributed by atoms with Gasteiger partial charge in [0.05, 0.1) is 7.11 Å². The van der Waals surface area contributed by atoms with Crippen LogP contribution in [0.1, 0.15) is 11.1 Å². The minimum Gasteiger partial charge on any atom is -0.497 e. The molecule has 0 fully saturated rings. The molecule has 0 saturated heterocycles. The summed E-state index contributed by atoms with van der Waals surface area (Å²) in [4.78, 5) is 4.63. The summed E-state index contributed by atoms with van der Waals surface area (Å²) in [6.07, 6.45) is 0.829. The maximum atomic E-state index is 6.08. The fraction of sp³-hybridized carbons (Fsp3) is 0.0952. The van der Waals surface area contributed by atoms with Crippen molar-refractivity contribution >= 4 is 11.1 Å². The van der Waals surface area contributed by atoms with Crippen molar-refractivity contribution in [2.75, 3.05) is 7.11 Å². The number of hydrogen-bond acceptors (Lipinski definition) is 3. The van der Waals surface area contributed by atoms with Gasteiger partial charge in [-0.15, -0.1) is 0 Å². The van der Waals surface area contributed by atoms with E-state index in [9.17, 15) is 0 Å². The number of para-hydroxylation sites is 1. The molecule has 24 heavy (non-hydrogen) atoms. The van der Waals surface area contributed by atoms with Crippen molar-refractivity contribution < 1.29 is 9.15 Å². The molecular weight excluding hydrogens is 298 g/mol. The summed E-state index contributed by atoms with van der Waals surface area (Å²) in [5.41, 5.74) is 5.08. The predicted molar refractivity (Wildman–Crippen MR) is 95.2 cm³/mol. The van der Waals surface area contributed by atoms with Gasteiger partial charge >= 0.3 is 0 Å². The molecular formula is C21H17NO2. The number of oxazole rings is 1. The number of fused-ring (bicyclic) bond motifs is 1. The number of hydrogen-bond donors (Lipinski definition) is 0. The van der Waals surface area contributed by atoms with Crippen molar-refractivity contribution in [1.82, 2.24) is 4.98 Å². The van der Waals surface area contributed by atoms with Gasteiger partial charge in [0.15, 0.2) is 5.58 Å². The maximum absolute atomic E-state index is 6.08. The van der Waals surface area contributed by atoms with Gasteiger partial charge in [-0.2, -0.15) is 0 Å². The lowest BCUT2D eigenvalue weighted by Gasteiger charge is -2.02. The second-order valence-electron chi connectivity index (χ2n) is 5.68. The zero-order valence-electron chi connectivity index (χ0n) is 13.4. The zero-order chi connectivity index (χ0) is 16.4. The van der Waals surface area contributed by atoms with E-state index in [2.05, 4.69) is 35.3 Å². The first-order valence-corrected chi connectivity index (χ1v) is 7.90. The van der Waals surface area contributed by atoms with E-state index >= 15 is 0 Å². The van der Waals surface area contributed by atoms with E-state index in [1.54, 1.807) is 7.11 Å². The van der Waals surface area contributed by atoms with E-state index < -0.39 is 0 Å². The summed E-state index contributed by atoms with van der Waals surface area (Å²) in [5.74, 6) is 1.45. The first kappa shape index (κ1) is 14.5. The van der Waals surface area contributed by atoms with Crippen LogP contribution in [0, 0.1) is 0 Å². The van der Waals surface area contributed by atoms with Gasteiger partial charge in [-0.25, -0.2) is 4.98 Å². The summed E-state index contributed by atoms with van der Waals surface area (Å²) in [6.45, 7) is 0. The van der Waals surface area contributed by atoms with Crippen LogP contribution in [0.25, 0.3) is 22.6 Å². The Labute approximate surface area is 140 Å². The molecule has 1 heterocycles. The third kappa shape index (κ3) is 2.76. The highest BCUT2D eigenvalue weighted by molar-refractivity contribution is 5.79. The van der Waals surface area contributed by atoms with Gasteiger partial charge in [-0.1, -0.05) is 42.5 Å². The van der Waals surface area contributed by atoms with Crippen molar-refractivity contribution in [3.05, 3.63) is 83.9 Å². The normalized spacial score (nSPS) is 10.9. The molecule has 0 aliphatic rings. The quantitative estimate of drug-likeness (QED) is 0.526. The molecule has 3 heteroatoms. The second-order valence-corrected chi connectivity index (χ2v) is 5.68. The first-order chi connectivity index (χ1) is 11.8. The summed E-state index contributed by atoms with van der Waals surface area (Å²) in [6, 6.07) is 24.2. The minimum absolute atomic E-state index is 0.633. The monoisotopic (exact) mass is 315 g/mol. The molecule has 4 rings (SSSR count). The number of methoxy groups -OCH3 is 1. The molecule has 0 radical (unpaired) electrons. The molecule has 1 aromatic heterocycles. The van der Waals surface area contributed by atoms with Crippen LogP contribution in [0.2, 0.25) is 0 Å². The van der Waals surface area contributed by atoms with Crippen LogP contribution in [-0.2, 0) is 6.42 Å². The number of aromatic nitrogens is 1. The Kier molecular flexibility index (Phi) is 3.75. The van der Waals surface area contributed by atoms with Gasteiger partial charge in [0, 0.05) is 17.5 Å². The molecule has 0 N–H and O–H groups in total. The lowest BCUT2D eigenvalue weighted by molar-refractivity contribution is 0.415. The minimum atomic E-state index is 0.633. The Balaban J connectivity index is 1.73. The van der Waals surface area contributed by atoms with Crippen molar-refractivity contribution in [2.24, 2.45) is 0 Å². The van der Waals surface area contributed by atoms with Gasteiger partial charge in [-0.3, -0.25) is 0 Å². The molecule has 3 aromatic carbocycles.